The van der Waals surface area contributed by atoms with E-state index in [0.29, 0.717) is 25.3 Å². The van der Waals surface area contributed by atoms with E-state index >= 15 is 0 Å². The van der Waals surface area contributed by atoms with Crippen LogP contribution in [-0.2, 0) is 22.7 Å². The molecule has 1 saturated heterocycles. The molecule has 6 heteroatoms. The number of halogens is 1. The Morgan fingerprint density at radius 1 is 1.20 bits per heavy atom. The topological polar surface area (TPSA) is 67.4 Å². The highest BCUT2D eigenvalue weighted by Gasteiger charge is 2.30. The number of benzene rings is 2. The van der Waals surface area contributed by atoms with Gasteiger partial charge in [0.1, 0.15) is 24.1 Å². The number of hydrogen-bond donors (Lipinski definition) is 2. The van der Waals surface area contributed by atoms with E-state index in [1.165, 1.54) is 12.1 Å². The van der Waals surface area contributed by atoms with Gasteiger partial charge in [0, 0.05) is 13.1 Å². The summed E-state index contributed by atoms with van der Waals surface area (Å²) in [6.45, 7) is 1.19. The van der Waals surface area contributed by atoms with E-state index in [0.717, 1.165) is 11.1 Å². The van der Waals surface area contributed by atoms with Gasteiger partial charge >= 0.3 is 0 Å². The van der Waals surface area contributed by atoms with Crippen LogP contribution in [0, 0.1) is 11.7 Å². The molecule has 1 atom stereocenters. The summed E-state index contributed by atoms with van der Waals surface area (Å²) in [4.78, 5) is 23.4. The van der Waals surface area contributed by atoms with Crippen molar-refractivity contribution in [2.45, 2.75) is 19.6 Å². The van der Waals surface area contributed by atoms with E-state index in [9.17, 15) is 14.0 Å². The molecule has 2 aromatic carbocycles. The molecule has 1 heterocycles. The first-order chi connectivity index (χ1) is 12.1. The molecule has 0 saturated carbocycles. The average Bonchev–Trinajstić information content (AvgIpc) is 3.05. The summed E-state index contributed by atoms with van der Waals surface area (Å²) < 4.78 is 18.7. The van der Waals surface area contributed by atoms with Crippen LogP contribution >= 0.6 is 0 Å². The van der Waals surface area contributed by atoms with E-state index in [4.69, 9.17) is 4.74 Å². The van der Waals surface area contributed by atoms with Crippen molar-refractivity contribution in [3.63, 3.8) is 0 Å². The number of nitrogens with one attached hydrogen (secondary N) is 2. The van der Waals surface area contributed by atoms with Gasteiger partial charge in [0.25, 0.3) is 0 Å². The number of rotatable bonds is 6. The molecule has 0 radical (unpaired) electrons. The molecule has 2 amide bonds. The molecule has 25 heavy (non-hydrogen) atoms. The normalized spacial score (nSPS) is 16.4. The van der Waals surface area contributed by atoms with Gasteiger partial charge in [-0.2, -0.15) is 0 Å². The highest BCUT2D eigenvalue weighted by atomic mass is 19.1. The summed E-state index contributed by atoms with van der Waals surface area (Å²) in [6, 6.07) is 13.5. The minimum Gasteiger partial charge on any atom is -0.489 e. The summed E-state index contributed by atoms with van der Waals surface area (Å²) >= 11 is 0. The molecule has 0 bridgehead atoms. The number of amides is 2. The summed E-state index contributed by atoms with van der Waals surface area (Å²) in [5, 5.41) is 5.42. The molecule has 0 spiro atoms. The van der Waals surface area contributed by atoms with Crippen LogP contribution in [0.1, 0.15) is 17.5 Å². The lowest BCUT2D eigenvalue weighted by atomic mass is 10.1. The number of carbonyl (C=O) groups is 2. The molecule has 3 rings (SSSR count). The highest BCUT2D eigenvalue weighted by Crippen LogP contribution is 2.15. The summed E-state index contributed by atoms with van der Waals surface area (Å²) in [6.07, 6.45) is 0.539. The van der Waals surface area contributed by atoms with Crippen LogP contribution in [0.25, 0.3) is 0 Å². The minimum absolute atomic E-state index is 0.210. The fraction of sp³-hybridized carbons (Fsp3) is 0.263. The zero-order valence-corrected chi connectivity index (χ0v) is 13.6. The van der Waals surface area contributed by atoms with Gasteiger partial charge in [-0.15, -0.1) is 0 Å². The molecule has 1 aliphatic heterocycles. The first-order valence-corrected chi connectivity index (χ1v) is 8.13. The van der Waals surface area contributed by atoms with E-state index in [1.807, 2.05) is 12.1 Å². The number of hydrogen-bond acceptors (Lipinski definition) is 3. The fourth-order valence-electron chi connectivity index (χ4n) is 2.65. The van der Waals surface area contributed by atoms with Crippen LogP contribution in [0.15, 0.2) is 48.5 Å². The predicted molar refractivity (Wildman–Crippen MR) is 90.1 cm³/mol. The zero-order chi connectivity index (χ0) is 17.6. The number of carbonyl (C=O) groups excluding carboxylic acids is 2. The van der Waals surface area contributed by atoms with Gasteiger partial charge in [0.2, 0.25) is 11.8 Å². The second-order valence-corrected chi connectivity index (χ2v) is 5.91. The number of ether oxygens (including phenoxy) is 1. The molecule has 2 N–H and O–H groups in total. The molecule has 0 aromatic heterocycles. The van der Waals surface area contributed by atoms with E-state index < -0.39 is 5.92 Å². The Morgan fingerprint density at radius 3 is 2.68 bits per heavy atom. The minimum atomic E-state index is -0.589. The molecule has 2 aromatic rings. The van der Waals surface area contributed by atoms with Crippen molar-refractivity contribution >= 4 is 11.8 Å². The fourth-order valence-corrected chi connectivity index (χ4v) is 2.65. The first kappa shape index (κ1) is 17.0. The SMILES string of the molecule is O=C1NCCC1C(=O)NCc1ccc(OCc2cccc(F)c2)cc1. The Labute approximate surface area is 145 Å². The first-order valence-electron chi connectivity index (χ1n) is 8.13. The van der Waals surface area contributed by atoms with Crippen molar-refractivity contribution in [3.8, 4) is 5.75 Å². The van der Waals surface area contributed by atoms with Crippen molar-refractivity contribution in [2.75, 3.05) is 6.54 Å². The van der Waals surface area contributed by atoms with Crippen molar-refractivity contribution in [2.24, 2.45) is 5.92 Å². The quantitative estimate of drug-likeness (QED) is 0.791. The lowest BCUT2D eigenvalue weighted by molar-refractivity contribution is -0.133. The second-order valence-electron chi connectivity index (χ2n) is 5.91. The highest BCUT2D eigenvalue weighted by molar-refractivity contribution is 6.01. The molecule has 130 valence electrons. The Kier molecular flexibility index (Phi) is 5.28. The molecule has 1 aliphatic rings. The second kappa shape index (κ2) is 7.79. The van der Waals surface area contributed by atoms with Gasteiger partial charge in [-0.25, -0.2) is 4.39 Å². The maximum Gasteiger partial charge on any atom is 0.232 e. The maximum atomic E-state index is 13.1. The Hall–Kier alpha value is -2.89. The van der Waals surface area contributed by atoms with Gasteiger partial charge in [0.05, 0.1) is 0 Å². The monoisotopic (exact) mass is 342 g/mol. The van der Waals surface area contributed by atoms with Crippen LogP contribution in [-0.4, -0.2) is 18.4 Å². The van der Waals surface area contributed by atoms with Crippen LogP contribution in [0.4, 0.5) is 4.39 Å². The van der Waals surface area contributed by atoms with Crippen molar-refractivity contribution < 1.29 is 18.7 Å². The standard InChI is InChI=1S/C19H19FN2O3/c20-15-3-1-2-14(10-15)12-25-16-6-4-13(5-7-16)11-22-19(24)17-8-9-21-18(17)23/h1-7,10,17H,8-9,11-12H2,(H,21,23)(H,22,24). The Bertz CT molecular complexity index is 762. The Morgan fingerprint density at radius 2 is 2.00 bits per heavy atom. The van der Waals surface area contributed by atoms with Gasteiger partial charge in [0.15, 0.2) is 0 Å². The molecular weight excluding hydrogens is 323 g/mol. The molecule has 1 fully saturated rings. The van der Waals surface area contributed by atoms with Crippen molar-refractivity contribution in [3.05, 3.63) is 65.5 Å². The van der Waals surface area contributed by atoms with Crippen LogP contribution in [0.3, 0.4) is 0 Å². The van der Waals surface area contributed by atoms with E-state index in [2.05, 4.69) is 10.6 Å². The zero-order valence-electron chi connectivity index (χ0n) is 13.6. The molecular formula is C19H19FN2O3. The maximum absolute atomic E-state index is 13.1. The summed E-state index contributed by atoms with van der Waals surface area (Å²) in [7, 11) is 0. The lowest BCUT2D eigenvalue weighted by Crippen LogP contribution is -2.34. The molecule has 1 unspecified atom stereocenters. The lowest BCUT2D eigenvalue weighted by Gasteiger charge is -2.10. The third kappa shape index (κ3) is 4.56. The summed E-state index contributed by atoms with van der Waals surface area (Å²) in [5.74, 6) is -0.674. The van der Waals surface area contributed by atoms with Gasteiger partial charge < -0.3 is 15.4 Å². The van der Waals surface area contributed by atoms with Crippen molar-refractivity contribution in [1.82, 2.24) is 10.6 Å². The van der Waals surface area contributed by atoms with Gasteiger partial charge in [-0.3, -0.25) is 9.59 Å². The third-order valence-corrected chi connectivity index (χ3v) is 4.05. The third-order valence-electron chi connectivity index (χ3n) is 4.05. The van der Waals surface area contributed by atoms with Gasteiger partial charge in [-0.1, -0.05) is 24.3 Å². The van der Waals surface area contributed by atoms with E-state index in [-0.39, 0.29) is 24.2 Å². The van der Waals surface area contributed by atoms with Crippen LogP contribution < -0.4 is 15.4 Å². The molecule has 0 aliphatic carbocycles. The van der Waals surface area contributed by atoms with Crippen LogP contribution in [0.2, 0.25) is 0 Å². The smallest absolute Gasteiger partial charge is 0.232 e. The van der Waals surface area contributed by atoms with Gasteiger partial charge in [-0.05, 0) is 41.8 Å². The van der Waals surface area contributed by atoms with E-state index in [1.54, 1.807) is 24.3 Å². The predicted octanol–water partition coefficient (Wildman–Crippen LogP) is 2.16. The average molecular weight is 342 g/mol. The van der Waals surface area contributed by atoms with Crippen LogP contribution in [0.5, 0.6) is 5.75 Å². The Balaban J connectivity index is 1.48. The molecule has 5 nitrogen and oxygen atoms in total. The van der Waals surface area contributed by atoms with Crippen molar-refractivity contribution in [1.29, 1.82) is 0 Å². The largest absolute Gasteiger partial charge is 0.489 e. The summed E-state index contributed by atoms with van der Waals surface area (Å²) in [5.41, 5.74) is 1.66.